The molecule has 0 spiro atoms. The van der Waals surface area contributed by atoms with Gasteiger partial charge in [0, 0.05) is 22.3 Å². The van der Waals surface area contributed by atoms with Crippen molar-refractivity contribution < 1.29 is 10.2 Å². The molecule has 6 rings (SSSR count). The Morgan fingerprint density at radius 3 is 1.10 bits per heavy atom. The summed E-state index contributed by atoms with van der Waals surface area (Å²) in [4.78, 5) is 0. The molecule has 0 aliphatic heterocycles. The predicted molar refractivity (Wildman–Crippen MR) is 178 cm³/mol. The first kappa shape index (κ1) is 27.6. The third kappa shape index (κ3) is 4.81. The van der Waals surface area contributed by atoms with E-state index in [0.29, 0.717) is 11.1 Å². The molecule has 0 heterocycles. The molecule has 0 fully saturated rings. The molecule has 0 unspecified atom stereocenters. The minimum Gasteiger partial charge on any atom is -0.507 e. The molecule has 0 bridgehead atoms. The van der Waals surface area contributed by atoms with Gasteiger partial charge in [0.2, 0.25) is 0 Å². The van der Waals surface area contributed by atoms with Crippen LogP contribution in [-0.4, -0.2) is 10.2 Å². The molecule has 0 saturated carbocycles. The van der Waals surface area contributed by atoms with Crippen LogP contribution in [0.2, 0.25) is 0 Å². The van der Waals surface area contributed by atoms with Crippen molar-refractivity contribution >= 4 is 21.5 Å². The van der Waals surface area contributed by atoms with Crippen LogP contribution >= 0.6 is 0 Å². The maximum atomic E-state index is 12.1. The quantitative estimate of drug-likeness (QED) is 0.230. The van der Waals surface area contributed by atoms with Crippen molar-refractivity contribution in [2.24, 2.45) is 0 Å². The molecular formula is C40H38O2. The molecular weight excluding hydrogens is 512 g/mol. The number of aromatic hydroxyl groups is 2. The van der Waals surface area contributed by atoms with E-state index in [1.54, 1.807) is 0 Å². The zero-order valence-electron chi connectivity index (χ0n) is 25.3. The number of phenolic OH excluding ortho intramolecular Hbond substituents is 2. The fourth-order valence-corrected chi connectivity index (χ4v) is 5.92. The zero-order chi connectivity index (χ0) is 29.8. The van der Waals surface area contributed by atoms with Crippen molar-refractivity contribution in [1.29, 1.82) is 0 Å². The summed E-state index contributed by atoms with van der Waals surface area (Å²) in [7, 11) is 0. The Kier molecular flexibility index (Phi) is 6.61. The molecule has 2 nitrogen and oxygen atoms in total. The predicted octanol–water partition coefficient (Wildman–Crippen LogP) is 11.0. The van der Waals surface area contributed by atoms with E-state index >= 15 is 0 Å². The van der Waals surface area contributed by atoms with Gasteiger partial charge in [0.25, 0.3) is 0 Å². The van der Waals surface area contributed by atoms with Crippen LogP contribution in [0.5, 0.6) is 11.5 Å². The van der Waals surface area contributed by atoms with Gasteiger partial charge in [-0.2, -0.15) is 0 Å². The smallest absolute Gasteiger partial charge is 0.132 e. The lowest BCUT2D eigenvalue weighted by molar-refractivity contribution is 0.472. The van der Waals surface area contributed by atoms with E-state index in [0.717, 1.165) is 43.8 Å². The number of benzene rings is 6. The summed E-state index contributed by atoms with van der Waals surface area (Å²) in [5.74, 6) is 0.329. The molecule has 42 heavy (non-hydrogen) atoms. The second-order valence-electron chi connectivity index (χ2n) is 13.4. The van der Waals surface area contributed by atoms with Crippen molar-refractivity contribution in [1.82, 2.24) is 0 Å². The number of rotatable bonds is 3. The van der Waals surface area contributed by atoms with Crippen molar-refractivity contribution in [3.63, 3.8) is 0 Å². The highest BCUT2D eigenvalue weighted by Crippen LogP contribution is 2.51. The Balaban J connectivity index is 1.65. The molecule has 0 saturated heterocycles. The van der Waals surface area contributed by atoms with Gasteiger partial charge in [-0.15, -0.1) is 0 Å². The zero-order valence-corrected chi connectivity index (χ0v) is 25.3. The number of phenols is 2. The molecule has 0 amide bonds. The van der Waals surface area contributed by atoms with Crippen LogP contribution in [0, 0.1) is 0 Å². The summed E-state index contributed by atoms with van der Waals surface area (Å²) in [5.41, 5.74) is 7.18. The summed E-state index contributed by atoms with van der Waals surface area (Å²) in [5, 5.41) is 28.0. The second kappa shape index (κ2) is 10.1. The topological polar surface area (TPSA) is 40.5 Å². The Morgan fingerprint density at radius 1 is 0.429 bits per heavy atom. The number of hydrogen-bond acceptors (Lipinski definition) is 2. The average molecular weight is 551 g/mol. The molecule has 0 atom stereocenters. The van der Waals surface area contributed by atoms with Crippen LogP contribution in [-0.2, 0) is 10.8 Å². The molecule has 0 radical (unpaired) electrons. The standard InChI is InChI=1S/C40H38O2/c1-39(2,3)29-19-15-25(16-20-29)33-23-27-11-7-9-13-31(27)35(37(33)41)36-32-14-10-8-12-28(32)24-34(38(36)42)26-17-21-30(22-18-26)40(4,5)6/h7-24,41-42H,1-6H3. The normalized spacial score (nSPS) is 12.2. The van der Waals surface area contributed by atoms with Gasteiger partial charge in [0.05, 0.1) is 0 Å². The van der Waals surface area contributed by atoms with E-state index in [1.807, 2.05) is 36.4 Å². The van der Waals surface area contributed by atoms with Gasteiger partial charge in [0.1, 0.15) is 11.5 Å². The van der Waals surface area contributed by atoms with Gasteiger partial charge in [-0.3, -0.25) is 0 Å². The van der Waals surface area contributed by atoms with Crippen molar-refractivity contribution in [2.45, 2.75) is 52.4 Å². The molecule has 2 N–H and O–H groups in total. The summed E-state index contributed by atoms with van der Waals surface area (Å²) in [6.07, 6.45) is 0. The van der Waals surface area contributed by atoms with Crippen molar-refractivity contribution in [3.8, 4) is 44.9 Å². The highest BCUT2D eigenvalue weighted by Gasteiger charge is 2.24. The van der Waals surface area contributed by atoms with Crippen LogP contribution in [0.1, 0.15) is 52.7 Å². The first-order valence-electron chi connectivity index (χ1n) is 14.6. The Morgan fingerprint density at radius 2 is 0.762 bits per heavy atom. The minimum atomic E-state index is 0.0331. The monoisotopic (exact) mass is 550 g/mol. The molecule has 0 aliphatic rings. The summed E-state index contributed by atoms with van der Waals surface area (Å²) >= 11 is 0. The van der Waals surface area contributed by atoms with Gasteiger partial charge in [-0.25, -0.2) is 0 Å². The first-order chi connectivity index (χ1) is 19.9. The fraction of sp³-hybridized carbons (Fsp3) is 0.200. The van der Waals surface area contributed by atoms with E-state index in [2.05, 4.69) is 114 Å². The van der Waals surface area contributed by atoms with Crippen LogP contribution < -0.4 is 0 Å². The highest BCUT2D eigenvalue weighted by molar-refractivity contribution is 6.13. The van der Waals surface area contributed by atoms with Crippen molar-refractivity contribution in [2.75, 3.05) is 0 Å². The third-order valence-electron chi connectivity index (χ3n) is 8.42. The summed E-state index contributed by atoms with van der Waals surface area (Å²) in [6.45, 7) is 13.2. The lowest BCUT2D eigenvalue weighted by Crippen LogP contribution is -2.10. The molecule has 6 aromatic carbocycles. The number of fused-ring (bicyclic) bond motifs is 2. The fourth-order valence-electron chi connectivity index (χ4n) is 5.92. The Bertz CT molecular complexity index is 1790. The van der Waals surface area contributed by atoms with E-state index in [4.69, 9.17) is 0 Å². The van der Waals surface area contributed by atoms with E-state index in [9.17, 15) is 10.2 Å². The SMILES string of the molecule is CC(C)(C)c1ccc(-c2cc3ccccc3c(-c3c(O)c(-c4ccc(C(C)(C)C)cc4)cc4ccccc34)c2O)cc1. The van der Waals surface area contributed by atoms with Crippen LogP contribution in [0.25, 0.3) is 54.9 Å². The average Bonchev–Trinajstić information content (AvgIpc) is 2.96. The lowest BCUT2D eigenvalue weighted by atomic mass is 9.84. The largest absolute Gasteiger partial charge is 0.507 e. The van der Waals surface area contributed by atoms with Crippen LogP contribution in [0.15, 0.2) is 109 Å². The Hall–Kier alpha value is -4.56. The lowest BCUT2D eigenvalue weighted by Gasteiger charge is -2.21. The van der Waals surface area contributed by atoms with Gasteiger partial charge in [-0.1, -0.05) is 139 Å². The summed E-state index contributed by atoms with van der Waals surface area (Å²) in [6, 6.07) is 37.2. The van der Waals surface area contributed by atoms with E-state index in [-0.39, 0.29) is 22.3 Å². The molecule has 2 heteroatoms. The maximum absolute atomic E-state index is 12.1. The highest BCUT2D eigenvalue weighted by atomic mass is 16.3. The summed E-state index contributed by atoms with van der Waals surface area (Å²) < 4.78 is 0. The minimum absolute atomic E-state index is 0.0331. The third-order valence-corrected chi connectivity index (χ3v) is 8.42. The van der Waals surface area contributed by atoms with Gasteiger partial charge >= 0.3 is 0 Å². The molecule has 210 valence electrons. The van der Waals surface area contributed by atoms with Crippen molar-refractivity contribution in [3.05, 3.63) is 120 Å². The first-order valence-corrected chi connectivity index (χ1v) is 14.6. The maximum Gasteiger partial charge on any atom is 0.132 e. The second-order valence-corrected chi connectivity index (χ2v) is 13.4. The van der Waals surface area contributed by atoms with Gasteiger partial charge < -0.3 is 10.2 Å². The van der Waals surface area contributed by atoms with Gasteiger partial charge in [-0.05, 0) is 66.8 Å². The van der Waals surface area contributed by atoms with Crippen LogP contribution in [0.4, 0.5) is 0 Å². The van der Waals surface area contributed by atoms with Crippen LogP contribution in [0.3, 0.4) is 0 Å². The molecule has 0 aromatic heterocycles. The Labute approximate surface area is 248 Å². The van der Waals surface area contributed by atoms with E-state index in [1.165, 1.54) is 11.1 Å². The van der Waals surface area contributed by atoms with Gasteiger partial charge in [0.15, 0.2) is 0 Å². The van der Waals surface area contributed by atoms with E-state index < -0.39 is 0 Å². The number of hydrogen-bond donors (Lipinski definition) is 2. The molecule has 0 aliphatic carbocycles. The molecule has 6 aromatic rings.